The molecular formula is C12H9ClF3N3O2. The molecule has 0 saturated heterocycles. The Morgan fingerprint density at radius 3 is 2.43 bits per heavy atom. The van der Waals surface area contributed by atoms with Gasteiger partial charge in [-0.15, -0.1) is 4.98 Å². The van der Waals surface area contributed by atoms with Gasteiger partial charge >= 0.3 is 18.2 Å². The molecule has 0 bridgehead atoms. The summed E-state index contributed by atoms with van der Waals surface area (Å²) in [5, 5.41) is -0.243. The van der Waals surface area contributed by atoms with E-state index in [9.17, 15) is 13.2 Å². The highest BCUT2D eigenvalue weighted by atomic mass is 35.5. The third-order valence-corrected chi connectivity index (χ3v) is 2.40. The van der Waals surface area contributed by atoms with Crippen LogP contribution in [-0.2, 0) is 6.18 Å². The highest BCUT2D eigenvalue weighted by molar-refractivity contribution is 6.28. The standard InChI is InChI=1S/C12H9ClF3N3O2/c1-2-20-10-17-9(13)18-11(19-10)21-8-6-4-3-5-7(8)12(14,15)16/h3-6H,2H2,1H3. The number of benzene rings is 1. The molecule has 21 heavy (non-hydrogen) atoms. The lowest BCUT2D eigenvalue weighted by Crippen LogP contribution is -2.08. The number of ether oxygens (including phenoxy) is 2. The molecule has 112 valence electrons. The first kappa shape index (κ1) is 15.3. The molecule has 1 aromatic heterocycles. The van der Waals surface area contributed by atoms with Gasteiger partial charge in [-0.2, -0.15) is 23.1 Å². The van der Waals surface area contributed by atoms with Crippen LogP contribution in [0, 0.1) is 0 Å². The van der Waals surface area contributed by atoms with Crippen LogP contribution in [0.4, 0.5) is 13.2 Å². The van der Waals surface area contributed by atoms with Gasteiger partial charge in [-0.3, -0.25) is 0 Å². The smallest absolute Gasteiger partial charge is 0.419 e. The highest BCUT2D eigenvalue weighted by Crippen LogP contribution is 2.37. The highest BCUT2D eigenvalue weighted by Gasteiger charge is 2.34. The third kappa shape index (κ3) is 3.94. The Kier molecular flexibility index (Phi) is 4.46. The summed E-state index contributed by atoms with van der Waals surface area (Å²) in [4.78, 5) is 11.0. The molecule has 0 aliphatic carbocycles. The van der Waals surface area contributed by atoms with Gasteiger partial charge in [0.15, 0.2) is 0 Å². The van der Waals surface area contributed by atoms with E-state index in [1.165, 1.54) is 12.1 Å². The van der Waals surface area contributed by atoms with Gasteiger partial charge in [0.05, 0.1) is 12.2 Å². The van der Waals surface area contributed by atoms with E-state index in [1.807, 2.05) is 0 Å². The van der Waals surface area contributed by atoms with Crippen molar-refractivity contribution in [3.8, 4) is 17.8 Å². The second kappa shape index (κ2) is 6.13. The lowest BCUT2D eigenvalue weighted by molar-refractivity contribution is -0.138. The van der Waals surface area contributed by atoms with Gasteiger partial charge in [-0.1, -0.05) is 12.1 Å². The van der Waals surface area contributed by atoms with E-state index in [4.69, 9.17) is 21.1 Å². The van der Waals surface area contributed by atoms with Crippen LogP contribution >= 0.6 is 11.6 Å². The van der Waals surface area contributed by atoms with E-state index >= 15 is 0 Å². The Balaban J connectivity index is 2.35. The SMILES string of the molecule is CCOc1nc(Cl)nc(Oc2ccccc2C(F)(F)F)n1. The van der Waals surface area contributed by atoms with Gasteiger partial charge in [-0.05, 0) is 30.7 Å². The molecule has 0 unspecified atom stereocenters. The van der Waals surface area contributed by atoms with Crippen LogP contribution < -0.4 is 9.47 Å². The molecule has 1 aromatic carbocycles. The first-order chi connectivity index (χ1) is 9.90. The number of aromatic nitrogens is 3. The van der Waals surface area contributed by atoms with Crippen LogP contribution in [0.15, 0.2) is 24.3 Å². The van der Waals surface area contributed by atoms with E-state index in [1.54, 1.807) is 6.92 Å². The Labute approximate surface area is 122 Å². The number of nitrogens with zero attached hydrogens (tertiary/aromatic N) is 3. The van der Waals surface area contributed by atoms with Gasteiger partial charge in [0, 0.05) is 0 Å². The van der Waals surface area contributed by atoms with Crippen LogP contribution in [0.5, 0.6) is 17.8 Å². The van der Waals surface area contributed by atoms with Crippen LogP contribution in [0.1, 0.15) is 12.5 Å². The van der Waals surface area contributed by atoms with Crippen molar-refractivity contribution in [3.63, 3.8) is 0 Å². The van der Waals surface area contributed by atoms with Crippen molar-refractivity contribution in [2.75, 3.05) is 6.61 Å². The zero-order valence-corrected chi connectivity index (χ0v) is 11.4. The molecule has 5 nitrogen and oxygen atoms in total. The van der Waals surface area contributed by atoms with Crippen molar-refractivity contribution < 1.29 is 22.6 Å². The fourth-order valence-electron chi connectivity index (χ4n) is 1.44. The number of hydrogen-bond acceptors (Lipinski definition) is 5. The molecule has 2 rings (SSSR count). The van der Waals surface area contributed by atoms with E-state index in [2.05, 4.69) is 15.0 Å². The second-order valence-corrected chi connectivity index (χ2v) is 4.04. The summed E-state index contributed by atoms with van der Waals surface area (Å²) in [5.41, 5.74) is -0.945. The summed E-state index contributed by atoms with van der Waals surface area (Å²) in [6, 6.07) is 4.19. The van der Waals surface area contributed by atoms with E-state index < -0.39 is 17.5 Å². The lowest BCUT2D eigenvalue weighted by Gasteiger charge is -2.12. The number of para-hydroxylation sites is 1. The monoisotopic (exact) mass is 319 g/mol. The average molecular weight is 320 g/mol. The number of alkyl halides is 3. The summed E-state index contributed by atoms with van der Waals surface area (Å²) in [6.07, 6.45) is -4.56. The van der Waals surface area contributed by atoms with Gasteiger partial charge in [0.1, 0.15) is 5.75 Å². The number of halogens is 4. The van der Waals surface area contributed by atoms with Gasteiger partial charge in [-0.25, -0.2) is 0 Å². The minimum Gasteiger partial charge on any atom is -0.464 e. The minimum atomic E-state index is -4.56. The minimum absolute atomic E-state index is 0.128. The maximum absolute atomic E-state index is 12.8. The third-order valence-electron chi connectivity index (χ3n) is 2.23. The van der Waals surface area contributed by atoms with Crippen molar-refractivity contribution >= 4 is 11.6 Å². The van der Waals surface area contributed by atoms with E-state index in [0.717, 1.165) is 12.1 Å². The largest absolute Gasteiger partial charge is 0.464 e. The maximum Gasteiger partial charge on any atom is 0.419 e. The molecule has 0 aliphatic rings. The van der Waals surface area contributed by atoms with Crippen molar-refractivity contribution in [2.45, 2.75) is 13.1 Å². The molecule has 2 aromatic rings. The van der Waals surface area contributed by atoms with Crippen LogP contribution in [0.2, 0.25) is 5.28 Å². The van der Waals surface area contributed by atoms with Crippen molar-refractivity contribution in [1.29, 1.82) is 0 Å². The first-order valence-corrected chi connectivity index (χ1v) is 6.16. The predicted molar refractivity (Wildman–Crippen MR) is 67.5 cm³/mol. The van der Waals surface area contributed by atoms with Crippen molar-refractivity contribution in [3.05, 3.63) is 35.1 Å². The molecule has 1 heterocycles. The summed E-state index contributed by atoms with van der Waals surface area (Å²) in [5.74, 6) is -0.435. The van der Waals surface area contributed by atoms with E-state index in [-0.39, 0.29) is 23.9 Å². The second-order valence-electron chi connectivity index (χ2n) is 3.70. The summed E-state index contributed by atoms with van der Waals surface area (Å²) < 4.78 is 48.6. The molecule has 0 spiro atoms. The lowest BCUT2D eigenvalue weighted by atomic mass is 10.2. The van der Waals surface area contributed by atoms with Crippen LogP contribution in [0.25, 0.3) is 0 Å². The normalized spacial score (nSPS) is 11.3. The van der Waals surface area contributed by atoms with Crippen LogP contribution in [-0.4, -0.2) is 21.6 Å². The number of hydrogen-bond donors (Lipinski definition) is 0. The zero-order chi connectivity index (χ0) is 15.5. The van der Waals surface area contributed by atoms with Gasteiger partial charge in [0.25, 0.3) is 0 Å². The Bertz CT molecular complexity index is 637. The predicted octanol–water partition coefficient (Wildman–Crippen LogP) is 3.73. The maximum atomic E-state index is 12.8. The fraction of sp³-hybridized carbons (Fsp3) is 0.250. The summed E-state index contributed by atoms with van der Waals surface area (Å²) >= 11 is 5.64. The summed E-state index contributed by atoms with van der Waals surface area (Å²) in [7, 11) is 0. The fourth-order valence-corrected chi connectivity index (χ4v) is 1.59. The molecule has 0 aliphatic heterocycles. The summed E-state index contributed by atoms with van der Waals surface area (Å²) in [6.45, 7) is 1.95. The van der Waals surface area contributed by atoms with Gasteiger partial charge < -0.3 is 9.47 Å². The zero-order valence-electron chi connectivity index (χ0n) is 10.7. The molecule has 0 saturated carbocycles. The van der Waals surface area contributed by atoms with E-state index in [0.29, 0.717) is 0 Å². The quantitative estimate of drug-likeness (QED) is 0.859. The molecule has 0 atom stereocenters. The average Bonchev–Trinajstić information content (AvgIpc) is 2.37. The molecule has 0 amide bonds. The molecule has 0 radical (unpaired) electrons. The van der Waals surface area contributed by atoms with Crippen molar-refractivity contribution in [1.82, 2.24) is 15.0 Å². The number of rotatable bonds is 4. The van der Waals surface area contributed by atoms with Crippen LogP contribution in [0.3, 0.4) is 0 Å². The van der Waals surface area contributed by atoms with Crippen molar-refractivity contribution in [2.24, 2.45) is 0 Å². The first-order valence-electron chi connectivity index (χ1n) is 5.78. The Morgan fingerprint density at radius 1 is 1.10 bits per heavy atom. The molecule has 9 heteroatoms. The molecule has 0 fully saturated rings. The Morgan fingerprint density at radius 2 is 1.76 bits per heavy atom. The van der Waals surface area contributed by atoms with Gasteiger partial charge in [0.2, 0.25) is 5.28 Å². The Hall–Kier alpha value is -2.09. The topological polar surface area (TPSA) is 57.1 Å². The molecular weight excluding hydrogens is 311 g/mol. The molecule has 0 N–H and O–H groups in total.